The van der Waals surface area contributed by atoms with E-state index in [2.05, 4.69) is 20.7 Å². The zero-order valence-electron chi connectivity index (χ0n) is 11.6. The molecule has 0 spiro atoms. The lowest BCUT2D eigenvalue weighted by Crippen LogP contribution is -2.13. The van der Waals surface area contributed by atoms with Gasteiger partial charge in [0.15, 0.2) is 0 Å². The molecular formula is C14H15BrN2O3S. The smallest absolute Gasteiger partial charge is 0.261 e. The fourth-order valence-electron chi connectivity index (χ4n) is 1.83. The molecule has 21 heavy (non-hydrogen) atoms. The summed E-state index contributed by atoms with van der Waals surface area (Å²) in [5.74, 6) is 0.702. The Morgan fingerprint density at radius 3 is 2.48 bits per heavy atom. The van der Waals surface area contributed by atoms with Gasteiger partial charge in [-0.2, -0.15) is 0 Å². The maximum Gasteiger partial charge on any atom is 0.261 e. The first-order valence-electron chi connectivity index (χ1n) is 6.06. The highest BCUT2D eigenvalue weighted by Crippen LogP contribution is 2.26. The lowest BCUT2D eigenvalue weighted by molar-refractivity contribution is 0.412. The van der Waals surface area contributed by atoms with E-state index in [9.17, 15) is 8.42 Å². The standard InChI is InChI=1S/C14H15BrN2O3S/c1-9-7-10(3-6-14(9)20-2)17-21(18,19)11-4-5-13(16)12(15)8-11/h3-8,17H,16H2,1-2H3. The van der Waals surface area contributed by atoms with Gasteiger partial charge in [0, 0.05) is 15.8 Å². The fraction of sp³-hybridized carbons (Fsp3) is 0.143. The first-order valence-corrected chi connectivity index (χ1v) is 8.33. The molecule has 5 nitrogen and oxygen atoms in total. The SMILES string of the molecule is COc1ccc(NS(=O)(=O)c2ccc(N)c(Br)c2)cc1C. The van der Waals surface area contributed by atoms with Crippen LogP contribution >= 0.6 is 15.9 Å². The van der Waals surface area contributed by atoms with Gasteiger partial charge in [0.2, 0.25) is 0 Å². The summed E-state index contributed by atoms with van der Waals surface area (Å²) in [5, 5.41) is 0. The van der Waals surface area contributed by atoms with Crippen molar-refractivity contribution in [3.8, 4) is 5.75 Å². The van der Waals surface area contributed by atoms with E-state index < -0.39 is 10.0 Å². The predicted molar refractivity (Wildman–Crippen MR) is 87.1 cm³/mol. The lowest BCUT2D eigenvalue weighted by Gasteiger charge is -2.11. The minimum Gasteiger partial charge on any atom is -0.496 e. The van der Waals surface area contributed by atoms with E-state index in [-0.39, 0.29) is 4.90 Å². The number of rotatable bonds is 4. The van der Waals surface area contributed by atoms with Crippen molar-refractivity contribution in [1.29, 1.82) is 0 Å². The Hall–Kier alpha value is -1.73. The van der Waals surface area contributed by atoms with Gasteiger partial charge in [-0.3, -0.25) is 4.72 Å². The summed E-state index contributed by atoms with van der Waals surface area (Å²) in [6, 6.07) is 9.54. The lowest BCUT2D eigenvalue weighted by atomic mass is 10.2. The number of benzene rings is 2. The number of anilines is 2. The predicted octanol–water partition coefficient (Wildman–Crippen LogP) is 3.15. The fourth-order valence-corrected chi connectivity index (χ4v) is 3.44. The quantitative estimate of drug-likeness (QED) is 0.809. The van der Waals surface area contributed by atoms with Crippen LogP contribution < -0.4 is 15.2 Å². The van der Waals surface area contributed by atoms with Gasteiger partial charge >= 0.3 is 0 Å². The number of nitrogens with one attached hydrogen (secondary N) is 1. The van der Waals surface area contributed by atoms with E-state index in [0.29, 0.717) is 21.6 Å². The Balaban J connectivity index is 2.32. The molecule has 0 amide bonds. The van der Waals surface area contributed by atoms with Gasteiger partial charge in [0.25, 0.3) is 10.0 Å². The molecule has 7 heteroatoms. The summed E-state index contributed by atoms with van der Waals surface area (Å²) < 4.78 is 32.9. The average Bonchev–Trinajstić information content (AvgIpc) is 2.41. The van der Waals surface area contributed by atoms with Gasteiger partial charge in [-0.25, -0.2) is 8.42 Å². The summed E-state index contributed by atoms with van der Waals surface area (Å²) in [6.07, 6.45) is 0. The van der Waals surface area contributed by atoms with Crippen molar-refractivity contribution in [2.24, 2.45) is 0 Å². The molecule has 0 aliphatic heterocycles. The molecule has 0 heterocycles. The van der Waals surface area contributed by atoms with Crippen LogP contribution in [-0.4, -0.2) is 15.5 Å². The molecule has 3 N–H and O–H groups in total. The van der Waals surface area contributed by atoms with Gasteiger partial charge in [0.05, 0.1) is 12.0 Å². The number of hydrogen-bond donors (Lipinski definition) is 2. The van der Waals surface area contributed by atoms with Crippen molar-refractivity contribution in [2.45, 2.75) is 11.8 Å². The Kier molecular flexibility index (Phi) is 4.43. The number of halogens is 1. The second kappa shape index (κ2) is 5.95. The van der Waals surface area contributed by atoms with Crippen LogP contribution in [0.1, 0.15) is 5.56 Å². The van der Waals surface area contributed by atoms with Gasteiger partial charge in [-0.15, -0.1) is 0 Å². The molecule has 2 rings (SSSR count). The normalized spacial score (nSPS) is 11.2. The highest BCUT2D eigenvalue weighted by molar-refractivity contribution is 9.10. The third kappa shape index (κ3) is 3.48. The molecule has 0 unspecified atom stereocenters. The molecule has 0 bridgehead atoms. The number of methoxy groups -OCH3 is 1. The van der Waals surface area contributed by atoms with E-state index in [0.717, 1.165) is 5.56 Å². The van der Waals surface area contributed by atoms with Crippen LogP contribution in [0, 0.1) is 6.92 Å². The first-order chi connectivity index (χ1) is 9.83. The highest BCUT2D eigenvalue weighted by atomic mass is 79.9. The maximum atomic E-state index is 12.3. The molecule has 0 aromatic heterocycles. The summed E-state index contributed by atoms with van der Waals surface area (Å²) in [4.78, 5) is 0.136. The second-order valence-electron chi connectivity index (χ2n) is 4.47. The molecule has 2 aromatic rings. The minimum atomic E-state index is -3.67. The number of aryl methyl sites for hydroxylation is 1. The van der Waals surface area contributed by atoms with Gasteiger partial charge in [0.1, 0.15) is 5.75 Å². The molecule has 0 aliphatic rings. The minimum absolute atomic E-state index is 0.136. The van der Waals surface area contributed by atoms with E-state index in [1.165, 1.54) is 18.2 Å². The van der Waals surface area contributed by atoms with Crippen LogP contribution in [0.3, 0.4) is 0 Å². The molecular weight excluding hydrogens is 356 g/mol. The number of nitrogens with two attached hydrogens (primary N) is 1. The molecule has 2 aromatic carbocycles. The summed E-state index contributed by atoms with van der Waals surface area (Å²) in [7, 11) is -2.10. The zero-order chi connectivity index (χ0) is 15.6. The molecule has 0 aliphatic carbocycles. The third-order valence-corrected chi connectivity index (χ3v) is 5.00. The average molecular weight is 371 g/mol. The Morgan fingerprint density at radius 1 is 1.19 bits per heavy atom. The third-order valence-electron chi connectivity index (χ3n) is 2.93. The molecule has 0 atom stereocenters. The Bertz CT molecular complexity index is 776. The summed E-state index contributed by atoms with van der Waals surface area (Å²) in [5.41, 5.74) is 7.46. The van der Waals surface area contributed by atoms with Crippen molar-refractivity contribution >= 4 is 37.3 Å². The van der Waals surface area contributed by atoms with Crippen LogP contribution in [0.25, 0.3) is 0 Å². The first kappa shape index (κ1) is 15.7. The summed E-state index contributed by atoms with van der Waals surface area (Å²) >= 11 is 3.22. The van der Waals surface area contributed by atoms with E-state index >= 15 is 0 Å². The van der Waals surface area contributed by atoms with E-state index in [1.54, 1.807) is 25.3 Å². The van der Waals surface area contributed by atoms with Crippen LogP contribution in [0.5, 0.6) is 5.75 Å². The van der Waals surface area contributed by atoms with Crippen molar-refractivity contribution in [2.75, 3.05) is 17.6 Å². The molecule has 0 saturated heterocycles. The molecule has 0 saturated carbocycles. The van der Waals surface area contributed by atoms with E-state index in [1.807, 2.05) is 6.92 Å². The van der Waals surface area contributed by atoms with Crippen LogP contribution in [-0.2, 0) is 10.0 Å². The monoisotopic (exact) mass is 370 g/mol. The Morgan fingerprint density at radius 2 is 1.90 bits per heavy atom. The number of ether oxygens (including phenoxy) is 1. The van der Waals surface area contributed by atoms with Crippen LogP contribution in [0.15, 0.2) is 45.8 Å². The van der Waals surface area contributed by atoms with Crippen molar-refractivity contribution in [3.05, 3.63) is 46.4 Å². The largest absolute Gasteiger partial charge is 0.496 e. The second-order valence-corrected chi connectivity index (χ2v) is 7.01. The van der Waals surface area contributed by atoms with Crippen molar-refractivity contribution in [3.63, 3.8) is 0 Å². The van der Waals surface area contributed by atoms with Crippen LogP contribution in [0.4, 0.5) is 11.4 Å². The van der Waals surface area contributed by atoms with Crippen molar-refractivity contribution in [1.82, 2.24) is 0 Å². The van der Waals surface area contributed by atoms with Gasteiger partial charge < -0.3 is 10.5 Å². The topological polar surface area (TPSA) is 81.4 Å². The maximum absolute atomic E-state index is 12.3. The van der Waals surface area contributed by atoms with Gasteiger partial charge in [-0.05, 0) is 64.8 Å². The Labute approximate surface area is 132 Å². The van der Waals surface area contributed by atoms with Crippen LogP contribution in [0.2, 0.25) is 0 Å². The van der Waals surface area contributed by atoms with Gasteiger partial charge in [-0.1, -0.05) is 0 Å². The zero-order valence-corrected chi connectivity index (χ0v) is 14.0. The number of nitrogen functional groups attached to an aromatic ring is 1. The molecule has 0 fully saturated rings. The molecule has 112 valence electrons. The molecule has 0 radical (unpaired) electrons. The van der Waals surface area contributed by atoms with E-state index in [4.69, 9.17) is 10.5 Å². The number of sulfonamides is 1. The summed E-state index contributed by atoms with van der Waals surface area (Å²) in [6.45, 7) is 1.84. The highest BCUT2D eigenvalue weighted by Gasteiger charge is 2.15. The van der Waals surface area contributed by atoms with Crippen molar-refractivity contribution < 1.29 is 13.2 Å². The number of hydrogen-bond acceptors (Lipinski definition) is 4.